The van der Waals surface area contributed by atoms with Crippen LogP contribution in [0.15, 0.2) is 0 Å². The van der Waals surface area contributed by atoms with E-state index in [2.05, 4.69) is 0 Å². The van der Waals surface area contributed by atoms with E-state index in [-0.39, 0.29) is 17.4 Å². The van der Waals surface area contributed by atoms with Gasteiger partial charge in [0.2, 0.25) is 5.91 Å². The van der Waals surface area contributed by atoms with E-state index in [0.29, 0.717) is 19.6 Å². The molecule has 2 rings (SSSR count). The molecule has 0 aromatic carbocycles. The van der Waals surface area contributed by atoms with Crippen LogP contribution in [0.3, 0.4) is 0 Å². The molecule has 1 heterocycles. The molecule has 0 atom stereocenters. The zero-order valence-electron chi connectivity index (χ0n) is 9.11. The molecule has 0 radical (unpaired) electrons. The highest BCUT2D eigenvalue weighted by Crippen LogP contribution is 2.37. The lowest BCUT2D eigenvalue weighted by Crippen LogP contribution is -2.59. The average Bonchev–Trinajstić information content (AvgIpc) is 2.25. The highest BCUT2D eigenvalue weighted by atomic mass is 16.3. The van der Waals surface area contributed by atoms with Gasteiger partial charge in [0.05, 0.1) is 11.5 Å². The Balaban J connectivity index is 2.01. The van der Waals surface area contributed by atoms with Crippen molar-refractivity contribution in [1.29, 1.82) is 0 Å². The molecule has 15 heavy (non-hydrogen) atoms. The van der Waals surface area contributed by atoms with Crippen molar-refractivity contribution < 1.29 is 9.90 Å². The van der Waals surface area contributed by atoms with Crippen LogP contribution in [0, 0.1) is 5.41 Å². The molecule has 4 heteroatoms. The maximum Gasteiger partial charge on any atom is 0.230 e. The number of aliphatic hydroxyl groups excluding tert-OH is 1. The number of hydrogen-bond acceptors (Lipinski definition) is 3. The maximum atomic E-state index is 12.2. The van der Waals surface area contributed by atoms with Gasteiger partial charge >= 0.3 is 0 Å². The second kappa shape index (κ2) is 4.10. The smallest absolute Gasteiger partial charge is 0.230 e. The van der Waals surface area contributed by atoms with Crippen LogP contribution >= 0.6 is 0 Å². The first-order valence-electron chi connectivity index (χ1n) is 5.85. The minimum atomic E-state index is -0.313. The van der Waals surface area contributed by atoms with Gasteiger partial charge in [-0.15, -0.1) is 0 Å². The quantitative estimate of drug-likeness (QED) is 0.682. The van der Waals surface area contributed by atoms with Crippen molar-refractivity contribution in [1.82, 2.24) is 4.90 Å². The Hall–Kier alpha value is -0.610. The van der Waals surface area contributed by atoms with E-state index in [1.807, 2.05) is 0 Å². The van der Waals surface area contributed by atoms with Crippen molar-refractivity contribution in [3.63, 3.8) is 0 Å². The first-order chi connectivity index (χ1) is 7.18. The molecule has 0 bridgehead atoms. The van der Waals surface area contributed by atoms with Gasteiger partial charge in [0.25, 0.3) is 0 Å². The predicted octanol–water partition coefficient (Wildman–Crippen LogP) is 0.0987. The van der Waals surface area contributed by atoms with Gasteiger partial charge < -0.3 is 15.7 Å². The highest BCUT2D eigenvalue weighted by molar-refractivity contribution is 5.84. The van der Waals surface area contributed by atoms with Gasteiger partial charge in [-0.05, 0) is 12.8 Å². The fraction of sp³-hybridized carbons (Fsp3) is 0.909. The lowest BCUT2D eigenvalue weighted by Gasteiger charge is -2.44. The van der Waals surface area contributed by atoms with Crippen molar-refractivity contribution in [2.24, 2.45) is 11.1 Å². The molecule has 1 aliphatic heterocycles. The number of nitrogens with two attached hydrogens (primary N) is 1. The summed E-state index contributed by atoms with van der Waals surface area (Å²) >= 11 is 0. The second-order valence-corrected chi connectivity index (χ2v) is 4.91. The number of rotatable bonds is 2. The first-order valence-corrected chi connectivity index (χ1v) is 5.85. The van der Waals surface area contributed by atoms with Crippen molar-refractivity contribution in [2.45, 2.75) is 38.2 Å². The third kappa shape index (κ3) is 1.88. The van der Waals surface area contributed by atoms with E-state index < -0.39 is 0 Å². The van der Waals surface area contributed by atoms with Gasteiger partial charge in [-0.3, -0.25) is 4.79 Å². The summed E-state index contributed by atoms with van der Waals surface area (Å²) in [5.74, 6) is 0.176. The van der Waals surface area contributed by atoms with Crippen LogP contribution in [-0.2, 0) is 4.79 Å². The molecule has 0 aromatic rings. The summed E-state index contributed by atoms with van der Waals surface area (Å²) in [4.78, 5) is 14.0. The minimum absolute atomic E-state index is 0.176. The summed E-state index contributed by atoms with van der Waals surface area (Å²) in [7, 11) is 0. The zero-order chi connectivity index (χ0) is 10.9. The number of carbonyl (C=O) groups excluding carboxylic acids is 1. The molecule has 1 amide bonds. The standard InChI is InChI=1S/C11H20N2O2/c12-8-11(4-2-1-3-5-11)10(15)13-6-9(14)7-13/h9,14H,1-8,12H2. The largest absolute Gasteiger partial charge is 0.389 e. The summed E-state index contributed by atoms with van der Waals surface area (Å²) in [6, 6.07) is 0. The molecule has 3 N–H and O–H groups in total. The number of amides is 1. The van der Waals surface area contributed by atoms with Crippen LogP contribution < -0.4 is 5.73 Å². The van der Waals surface area contributed by atoms with E-state index in [4.69, 9.17) is 5.73 Å². The first kappa shape index (κ1) is 10.9. The predicted molar refractivity (Wildman–Crippen MR) is 57.2 cm³/mol. The minimum Gasteiger partial charge on any atom is -0.389 e. The number of hydrogen-bond donors (Lipinski definition) is 2. The number of carbonyl (C=O) groups is 1. The molecule has 1 saturated heterocycles. The topological polar surface area (TPSA) is 66.6 Å². The van der Waals surface area contributed by atoms with Crippen molar-refractivity contribution >= 4 is 5.91 Å². The molecular formula is C11H20N2O2. The van der Waals surface area contributed by atoms with Crippen LogP contribution in [0.5, 0.6) is 0 Å². The zero-order valence-corrected chi connectivity index (χ0v) is 9.11. The van der Waals surface area contributed by atoms with Gasteiger partial charge in [-0.2, -0.15) is 0 Å². The van der Waals surface area contributed by atoms with Crippen molar-refractivity contribution in [2.75, 3.05) is 19.6 Å². The number of aliphatic hydroxyl groups is 1. The van der Waals surface area contributed by atoms with Gasteiger partial charge in [-0.25, -0.2) is 0 Å². The second-order valence-electron chi connectivity index (χ2n) is 4.91. The number of nitrogens with zero attached hydrogens (tertiary/aromatic N) is 1. The van der Waals surface area contributed by atoms with Crippen molar-refractivity contribution in [3.8, 4) is 0 Å². The average molecular weight is 212 g/mol. The molecule has 1 saturated carbocycles. The van der Waals surface area contributed by atoms with Crippen LogP contribution in [0.1, 0.15) is 32.1 Å². The van der Waals surface area contributed by atoms with Gasteiger partial charge in [0.15, 0.2) is 0 Å². The molecule has 1 aliphatic carbocycles. The normalized spacial score (nSPS) is 26.1. The van der Waals surface area contributed by atoms with E-state index in [1.54, 1.807) is 4.90 Å². The molecule has 0 spiro atoms. The van der Waals surface area contributed by atoms with Gasteiger partial charge in [0.1, 0.15) is 0 Å². The Labute approximate surface area is 90.4 Å². The molecular weight excluding hydrogens is 192 g/mol. The fourth-order valence-electron chi connectivity index (χ4n) is 2.69. The SMILES string of the molecule is NCC1(C(=O)N2CC(O)C2)CCCCC1. The summed E-state index contributed by atoms with van der Waals surface area (Å²) in [6.07, 6.45) is 4.98. The summed E-state index contributed by atoms with van der Waals surface area (Å²) < 4.78 is 0. The van der Waals surface area contributed by atoms with E-state index in [0.717, 1.165) is 25.7 Å². The maximum absolute atomic E-state index is 12.2. The van der Waals surface area contributed by atoms with E-state index in [9.17, 15) is 9.90 Å². The number of β-amino-alcohol motifs (C(OH)–C–C–N with tert-alkyl or cyclic N) is 1. The third-order valence-corrected chi connectivity index (χ3v) is 3.80. The number of likely N-dealkylation sites (tertiary alicyclic amines) is 1. The molecule has 2 fully saturated rings. The van der Waals surface area contributed by atoms with Crippen LogP contribution in [-0.4, -0.2) is 41.7 Å². The van der Waals surface area contributed by atoms with Gasteiger partial charge in [0, 0.05) is 19.6 Å². The fourth-order valence-corrected chi connectivity index (χ4v) is 2.69. The molecule has 0 aromatic heterocycles. The monoisotopic (exact) mass is 212 g/mol. The molecule has 0 unspecified atom stereocenters. The van der Waals surface area contributed by atoms with Gasteiger partial charge in [-0.1, -0.05) is 19.3 Å². The highest BCUT2D eigenvalue weighted by Gasteiger charge is 2.43. The Morgan fingerprint density at radius 2 is 1.93 bits per heavy atom. The molecule has 86 valence electrons. The Morgan fingerprint density at radius 3 is 2.40 bits per heavy atom. The van der Waals surface area contributed by atoms with E-state index >= 15 is 0 Å². The lowest BCUT2D eigenvalue weighted by atomic mass is 9.72. The van der Waals surface area contributed by atoms with E-state index in [1.165, 1.54) is 6.42 Å². The summed E-state index contributed by atoms with van der Waals surface area (Å²) in [5.41, 5.74) is 5.47. The summed E-state index contributed by atoms with van der Waals surface area (Å²) in [5, 5.41) is 9.20. The molecule has 4 nitrogen and oxygen atoms in total. The Bertz CT molecular complexity index is 243. The van der Waals surface area contributed by atoms with Crippen molar-refractivity contribution in [3.05, 3.63) is 0 Å². The lowest BCUT2D eigenvalue weighted by molar-refractivity contribution is -0.154. The summed E-state index contributed by atoms with van der Waals surface area (Å²) in [6.45, 7) is 1.46. The van der Waals surface area contributed by atoms with Crippen LogP contribution in [0.25, 0.3) is 0 Å². The van der Waals surface area contributed by atoms with Crippen LogP contribution in [0.2, 0.25) is 0 Å². The van der Waals surface area contributed by atoms with Crippen LogP contribution in [0.4, 0.5) is 0 Å². The third-order valence-electron chi connectivity index (χ3n) is 3.80. The molecule has 2 aliphatic rings. The Morgan fingerprint density at radius 1 is 1.33 bits per heavy atom. The Kier molecular flexibility index (Phi) is 2.98.